The number of amides is 1. The third-order valence-electron chi connectivity index (χ3n) is 5.70. The lowest BCUT2D eigenvalue weighted by molar-refractivity contribution is -0.131. The monoisotopic (exact) mass is 432 g/mol. The highest BCUT2D eigenvalue weighted by molar-refractivity contribution is 9.10. The zero-order chi connectivity index (χ0) is 17.6. The molecule has 0 saturated carbocycles. The molecule has 0 unspecified atom stereocenters. The highest BCUT2D eigenvalue weighted by Gasteiger charge is 2.38. The van der Waals surface area contributed by atoms with E-state index in [-0.39, 0.29) is 23.7 Å². The Kier molecular flexibility index (Phi) is 8.89. The van der Waals surface area contributed by atoms with Crippen molar-refractivity contribution in [2.75, 3.05) is 26.3 Å². The molecule has 4 nitrogen and oxygen atoms in total. The minimum absolute atomic E-state index is 0. The Labute approximate surface area is 165 Å². The van der Waals surface area contributed by atoms with Crippen molar-refractivity contribution in [2.24, 2.45) is 11.1 Å². The Morgan fingerprint density at radius 3 is 2.48 bits per heavy atom. The lowest BCUT2D eigenvalue weighted by Crippen LogP contribution is -2.51. The molecule has 25 heavy (non-hydrogen) atoms. The number of nitrogens with one attached hydrogen (secondary N) is 1. The molecule has 1 aromatic rings. The second kappa shape index (κ2) is 9.91. The SMILES string of the molecule is CCC(CC)(CN)C(=O)NCC1(c2cccc(Br)c2)CCOCC1.Cl. The normalized spacial score (nSPS) is 16.8. The van der Waals surface area contributed by atoms with E-state index >= 15 is 0 Å². The average molecular weight is 434 g/mol. The average Bonchev–Trinajstić information content (AvgIpc) is 2.63. The van der Waals surface area contributed by atoms with Gasteiger partial charge in [-0.15, -0.1) is 12.4 Å². The van der Waals surface area contributed by atoms with Crippen molar-refractivity contribution in [3.63, 3.8) is 0 Å². The molecule has 1 fully saturated rings. The summed E-state index contributed by atoms with van der Waals surface area (Å²) in [6.45, 7) is 6.55. The van der Waals surface area contributed by atoms with E-state index in [9.17, 15) is 4.79 Å². The van der Waals surface area contributed by atoms with Crippen molar-refractivity contribution < 1.29 is 9.53 Å². The molecule has 0 aliphatic carbocycles. The van der Waals surface area contributed by atoms with E-state index in [4.69, 9.17) is 10.5 Å². The zero-order valence-electron chi connectivity index (χ0n) is 15.1. The van der Waals surface area contributed by atoms with Gasteiger partial charge < -0.3 is 15.8 Å². The van der Waals surface area contributed by atoms with Crippen LogP contribution >= 0.6 is 28.3 Å². The van der Waals surface area contributed by atoms with Crippen LogP contribution in [0.4, 0.5) is 0 Å². The molecule has 3 N–H and O–H groups in total. The molecule has 0 bridgehead atoms. The van der Waals surface area contributed by atoms with Gasteiger partial charge in [0, 0.05) is 36.2 Å². The quantitative estimate of drug-likeness (QED) is 0.687. The van der Waals surface area contributed by atoms with Gasteiger partial charge in [0.2, 0.25) is 5.91 Å². The van der Waals surface area contributed by atoms with E-state index in [2.05, 4.69) is 39.4 Å². The van der Waals surface area contributed by atoms with Crippen molar-refractivity contribution in [3.05, 3.63) is 34.3 Å². The predicted octanol–water partition coefficient (Wildman–Crippen LogP) is 3.80. The molecule has 1 amide bonds. The number of hydrogen-bond donors (Lipinski definition) is 2. The fraction of sp³-hybridized carbons (Fsp3) is 0.632. The first-order valence-corrected chi connectivity index (χ1v) is 9.63. The predicted molar refractivity (Wildman–Crippen MR) is 108 cm³/mol. The fourth-order valence-corrected chi connectivity index (χ4v) is 3.94. The van der Waals surface area contributed by atoms with E-state index in [1.54, 1.807) is 0 Å². The number of halogens is 2. The first-order valence-electron chi connectivity index (χ1n) is 8.84. The van der Waals surface area contributed by atoms with Gasteiger partial charge in [-0.25, -0.2) is 0 Å². The molecule has 6 heteroatoms. The van der Waals surface area contributed by atoms with Crippen molar-refractivity contribution in [3.8, 4) is 0 Å². The van der Waals surface area contributed by atoms with Crippen LogP contribution in [0.1, 0.15) is 45.1 Å². The first kappa shape index (κ1) is 22.4. The largest absolute Gasteiger partial charge is 0.381 e. The van der Waals surface area contributed by atoms with E-state index in [0.717, 1.165) is 43.4 Å². The summed E-state index contributed by atoms with van der Waals surface area (Å²) >= 11 is 3.56. The molecule has 142 valence electrons. The highest BCUT2D eigenvalue weighted by atomic mass is 79.9. The molecule has 1 aromatic carbocycles. The second-order valence-electron chi connectivity index (χ2n) is 6.78. The van der Waals surface area contributed by atoms with Gasteiger partial charge in [0.25, 0.3) is 0 Å². The van der Waals surface area contributed by atoms with Gasteiger partial charge in [0.15, 0.2) is 0 Å². The van der Waals surface area contributed by atoms with E-state index in [0.29, 0.717) is 13.1 Å². The number of carbonyl (C=O) groups is 1. The molecule has 0 radical (unpaired) electrons. The number of ether oxygens (including phenoxy) is 1. The van der Waals surface area contributed by atoms with Gasteiger partial charge in [-0.05, 0) is 43.4 Å². The summed E-state index contributed by atoms with van der Waals surface area (Å²) in [4.78, 5) is 12.8. The van der Waals surface area contributed by atoms with Crippen LogP contribution in [0.3, 0.4) is 0 Å². The van der Waals surface area contributed by atoms with Gasteiger partial charge in [-0.1, -0.05) is 41.9 Å². The molecule has 0 atom stereocenters. The summed E-state index contributed by atoms with van der Waals surface area (Å²) in [7, 11) is 0. The van der Waals surface area contributed by atoms with Crippen LogP contribution in [0.2, 0.25) is 0 Å². The Bertz CT molecular complexity index is 550. The fourth-order valence-electron chi connectivity index (χ4n) is 3.54. The highest BCUT2D eigenvalue weighted by Crippen LogP contribution is 2.36. The molecular weight excluding hydrogens is 404 g/mol. The lowest BCUT2D eigenvalue weighted by atomic mass is 9.73. The molecular formula is C19H30BrClN2O2. The Morgan fingerprint density at radius 1 is 1.32 bits per heavy atom. The molecule has 1 aliphatic heterocycles. The number of hydrogen-bond acceptors (Lipinski definition) is 3. The van der Waals surface area contributed by atoms with Gasteiger partial charge in [0.05, 0.1) is 5.41 Å². The molecule has 0 aromatic heterocycles. The second-order valence-corrected chi connectivity index (χ2v) is 7.69. The summed E-state index contributed by atoms with van der Waals surface area (Å²) in [6, 6.07) is 8.40. The minimum atomic E-state index is -0.455. The first-order chi connectivity index (χ1) is 11.5. The van der Waals surface area contributed by atoms with Crippen LogP contribution < -0.4 is 11.1 Å². The Balaban J connectivity index is 0.00000312. The third-order valence-corrected chi connectivity index (χ3v) is 6.19. The zero-order valence-corrected chi connectivity index (χ0v) is 17.5. The topological polar surface area (TPSA) is 64.4 Å². The van der Waals surface area contributed by atoms with Crippen molar-refractivity contribution >= 4 is 34.2 Å². The van der Waals surface area contributed by atoms with Gasteiger partial charge in [-0.3, -0.25) is 4.79 Å². The van der Waals surface area contributed by atoms with E-state index in [1.165, 1.54) is 5.56 Å². The van der Waals surface area contributed by atoms with Gasteiger partial charge >= 0.3 is 0 Å². The van der Waals surface area contributed by atoms with E-state index < -0.39 is 5.41 Å². The van der Waals surface area contributed by atoms with Crippen molar-refractivity contribution in [1.29, 1.82) is 0 Å². The summed E-state index contributed by atoms with van der Waals surface area (Å²) in [5, 5.41) is 3.22. The molecule has 1 heterocycles. The van der Waals surface area contributed by atoms with Crippen LogP contribution in [-0.2, 0) is 14.9 Å². The Hall–Kier alpha value is -0.620. The Morgan fingerprint density at radius 2 is 1.96 bits per heavy atom. The summed E-state index contributed by atoms with van der Waals surface area (Å²) in [5.41, 5.74) is 6.65. The number of nitrogens with two attached hydrogens (primary N) is 1. The number of carbonyl (C=O) groups excluding carboxylic acids is 1. The standard InChI is InChI=1S/C19H29BrN2O2.ClH/c1-3-18(4-2,13-21)17(23)22-14-19(8-10-24-11-9-19)15-6-5-7-16(20)12-15;/h5-7,12H,3-4,8-11,13-14,21H2,1-2H3,(H,22,23);1H. The van der Waals surface area contributed by atoms with Gasteiger partial charge in [-0.2, -0.15) is 0 Å². The maximum Gasteiger partial charge on any atom is 0.227 e. The van der Waals surface area contributed by atoms with Crippen LogP contribution in [0.25, 0.3) is 0 Å². The lowest BCUT2D eigenvalue weighted by Gasteiger charge is -2.39. The summed E-state index contributed by atoms with van der Waals surface area (Å²) in [6.07, 6.45) is 3.35. The summed E-state index contributed by atoms with van der Waals surface area (Å²) in [5.74, 6) is 0.0795. The van der Waals surface area contributed by atoms with Crippen LogP contribution in [0, 0.1) is 5.41 Å². The summed E-state index contributed by atoms with van der Waals surface area (Å²) < 4.78 is 6.64. The maximum absolute atomic E-state index is 12.8. The van der Waals surface area contributed by atoms with E-state index in [1.807, 2.05) is 19.9 Å². The van der Waals surface area contributed by atoms with Gasteiger partial charge in [0.1, 0.15) is 0 Å². The third kappa shape index (κ3) is 4.97. The minimum Gasteiger partial charge on any atom is -0.381 e. The van der Waals surface area contributed by atoms with Crippen LogP contribution in [0.15, 0.2) is 28.7 Å². The molecule has 2 rings (SSSR count). The van der Waals surface area contributed by atoms with Crippen LogP contribution in [-0.4, -0.2) is 32.2 Å². The van der Waals surface area contributed by atoms with Crippen molar-refractivity contribution in [1.82, 2.24) is 5.32 Å². The molecule has 1 aliphatic rings. The number of benzene rings is 1. The number of rotatable bonds is 7. The maximum atomic E-state index is 12.8. The van der Waals surface area contributed by atoms with Crippen molar-refractivity contribution in [2.45, 2.75) is 44.9 Å². The smallest absolute Gasteiger partial charge is 0.227 e. The molecule has 1 saturated heterocycles. The van der Waals surface area contributed by atoms with Crippen LogP contribution in [0.5, 0.6) is 0 Å². The molecule has 0 spiro atoms.